The van der Waals surface area contributed by atoms with Crippen LogP contribution in [0.4, 0.5) is 0 Å². The lowest BCUT2D eigenvalue weighted by atomic mass is 9.96. The third-order valence-corrected chi connectivity index (χ3v) is 3.68. The third kappa shape index (κ3) is 3.22. The summed E-state index contributed by atoms with van der Waals surface area (Å²) in [6.45, 7) is 1.02. The molecule has 1 aliphatic heterocycles. The highest BCUT2D eigenvalue weighted by Gasteiger charge is 2.20. The van der Waals surface area contributed by atoms with Crippen molar-refractivity contribution in [2.24, 2.45) is 0 Å². The summed E-state index contributed by atoms with van der Waals surface area (Å²) in [4.78, 5) is 11.6. The quantitative estimate of drug-likeness (QED) is 0.824. The van der Waals surface area contributed by atoms with Gasteiger partial charge >= 0.3 is 5.97 Å². The number of nitrogens with one attached hydrogen (secondary N) is 1. The predicted molar refractivity (Wildman–Crippen MR) is 75.3 cm³/mol. The summed E-state index contributed by atoms with van der Waals surface area (Å²) in [5, 5.41) is 13.3. The fraction of sp³-hybridized carbons (Fsp3) is 0.533. The number of ether oxygens (including phenoxy) is 2. The highest BCUT2D eigenvalue weighted by molar-refractivity contribution is 5.92. The maximum atomic E-state index is 11.6. The van der Waals surface area contributed by atoms with Crippen molar-refractivity contribution in [3.63, 3.8) is 0 Å². The Hall–Kier alpha value is -1.75. The molecule has 2 N–H and O–H groups in total. The number of esters is 1. The molecule has 1 fully saturated rings. The number of carbonyl (C=O) groups excluding carboxylic acids is 1. The maximum absolute atomic E-state index is 11.6. The van der Waals surface area contributed by atoms with E-state index in [9.17, 15) is 9.90 Å². The molecule has 1 aliphatic rings. The minimum atomic E-state index is -0.539. The van der Waals surface area contributed by atoms with Crippen LogP contribution in [0.5, 0.6) is 11.5 Å². The standard InChI is InChI=1S/C15H21NO4/c1-19-14-9-13(17)12(15(18)20-2)8-10(14)7-11-5-3-4-6-16-11/h8-9,11,16-17H,3-7H2,1-2H3. The Kier molecular flexibility index (Phi) is 4.84. The molecule has 0 spiro atoms. The number of benzene rings is 1. The minimum Gasteiger partial charge on any atom is -0.507 e. The van der Waals surface area contributed by atoms with E-state index >= 15 is 0 Å². The molecule has 110 valence electrons. The first-order valence-electron chi connectivity index (χ1n) is 6.87. The van der Waals surface area contributed by atoms with E-state index in [1.807, 2.05) is 0 Å². The van der Waals surface area contributed by atoms with Gasteiger partial charge in [-0.3, -0.25) is 0 Å². The van der Waals surface area contributed by atoms with Crippen molar-refractivity contribution in [2.75, 3.05) is 20.8 Å². The average molecular weight is 279 g/mol. The molecule has 1 heterocycles. The molecule has 2 rings (SSSR count). The summed E-state index contributed by atoms with van der Waals surface area (Å²) in [5.74, 6) is -0.0559. The first-order valence-corrected chi connectivity index (χ1v) is 6.87. The zero-order valence-corrected chi connectivity index (χ0v) is 11.9. The van der Waals surface area contributed by atoms with Gasteiger partial charge in [0.2, 0.25) is 0 Å². The van der Waals surface area contributed by atoms with Gasteiger partial charge in [0.1, 0.15) is 17.1 Å². The second-order valence-electron chi connectivity index (χ2n) is 5.02. The van der Waals surface area contributed by atoms with Gasteiger partial charge in [0.25, 0.3) is 0 Å². The van der Waals surface area contributed by atoms with Gasteiger partial charge in [-0.05, 0) is 37.4 Å². The molecule has 0 aromatic heterocycles. The number of hydrogen-bond acceptors (Lipinski definition) is 5. The Morgan fingerprint density at radius 2 is 2.20 bits per heavy atom. The van der Waals surface area contributed by atoms with Crippen LogP contribution in [0.15, 0.2) is 12.1 Å². The fourth-order valence-corrected chi connectivity index (χ4v) is 2.60. The predicted octanol–water partition coefficient (Wildman–Crippen LogP) is 1.87. The van der Waals surface area contributed by atoms with Crippen molar-refractivity contribution in [1.82, 2.24) is 5.32 Å². The normalized spacial score (nSPS) is 18.6. The molecule has 5 nitrogen and oxygen atoms in total. The van der Waals surface area contributed by atoms with Crippen LogP contribution in [0.3, 0.4) is 0 Å². The van der Waals surface area contributed by atoms with Gasteiger partial charge < -0.3 is 19.9 Å². The molecular weight excluding hydrogens is 258 g/mol. The first kappa shape index (κ1) is 14.7. The Bertz CT molecular complexity index is 481. The van der Waals surface area contributed by atoms with Crippen molar-refractivity contribution in [1.29, 1.82) is 0 Å². The topological polar surface area (TPSA) is 67.8 Å². The molecule has 0 radical (unpaired) electrons. The molecule has 5 heteroatoms. The second-order valence-corrected chi connectivity index (χ2v) is 5.02. The molecule has 0 bridgehead atoms. The van der Waals surface area contributed by atoms with E-state index in [1.54, 1.807) is 13.2 Å². The summed E-state index contributed by atoms with van der Waals surface area (Å²) >= 11 is 0. The molecular formula is C15H21NO4. The van der Waals surface area contributed by atoms with Gasteiger partial charge in [-0.1, -0.05) is 6.42 Å². The monoisotopic (exact) mass is 279 g/mol. The summed E-state index contributed by atoms with van der Waals surface area (Å²) < 4.78 is 9.98. The van der Waals surface area contributed by atoms with E-state index in [2.05, 4.69) is 10.1 Å². The van der Waals surface area contributed by atoms with Crippen molar-refractivity contribution in [3.8, 4) is 11.5 Å². The number of piperidine rings is 1. The van der Waals surface area contributed by atoms with E-state index in [4.69, 9.17) is 4.74 Å². The van der Waals surface area contributed by atoms with Crippen molar-refractivity contribution in [2.45, 2.75) is 31.7 Å². The van der Waals surface area contributed by atoms with Crippen LogP contribution in [-0.2, 0) is 11.2 Å². The zero-order valence-electron chi connectivity index (χ0n) is 11.9. The molecule has 1 saturated heterocycles. The zero-order chi connectivity index (χ0) is 14.5. The lowest BCUT2D eigenvalue weighted by Crippen LogP contribution is -2.35. The van der Waals surface area contributed by atoms with Crippen molar-refractivity contribution >= 4 is 5.97 Å². The van der Waals surface area contributed by atoms with Crippen LogP contribution in [0.1, 0.15) is 35.2 Å². The van der Waals surface area contributed by atoms with E-state index in [0.29, 0.717) is 11.8 Å². The molecule has 1 aromatic carbocycles. The van der Waals surface area contributed by atoms with Crippen molar-refractivity contribution in [3.05, 3.63) is 23.3 Å². The van der Waals surface area contributed by atoms with Crippen LogP contribution in [0.25, 0.3) is 0 Å². The van der Waals surface area contributed by atoms with Crippen LogP contribution >= 0.6 is 0 Å². The molecule has 1 atom stereocenters. The smallest absolute Gasteiger partial charge is 0.341 e. The van der Waals surface area contributed by atoms with Gasteiger partial charge in [0.15, 0.2) is 0 Å². The highest BCUT2D eigenvalue weighted by Crippen LogP contribution is 2.30. The van der Waals surface area contributed by atoms with E-state index < -0.39 is 5.97 Å². The van der Waals surface area contributed by atoms with Crippen LogP contribution in [-0.4, -0.2) is 37.9 Å². The van der Waals surface area contributed by atoms with Gasteiger partial charge in [0, 0.05) is 12.1 Å². The lowest BCUT2D eigenvalue weighted by Gasteiger charge is -2.24. The Morgan fingerprint density at radius 3 is 2.80 bits per heavy atom. The summed E-state index contributed by atoms with van der Waals surface area (Å²) in [6, 6.07) is 3.52. The van der Waals surface area contributed by atoms with Crippen LogP contribution in [0.2, 0.25) is 0 Å². The fourth-order valence-electron chi connectivity index (χ4n) is 2.60. The number of rotatable bonds is 4. The molecule has 0 amide bonds. The second kappa shape index (κ2) is 6.61. The van der Waals surface area contributed by atoms with Crippen LogP contribution < -0.4 is 10.1 Å². The lowest BCUT2D eigenvalue weighted by molar-refractivity contribution is 0.0597. The number of carbonyl (C=O) groups is 1. The molecule has 1 aromatic rings. The Morgan fingerprint density at radius 1 is 1.40 bits per heavy atom. The average Bonchev–Trinajstić information content (AvgIpc) is 2.49. The molecule has 20 heavy (non-hydrogen) atoms. The summed E-state index contributed by atoms with van der Waals surface area (Å²) in [6.07, 6.45) is 4.30. The van der Waals surface area contributed by atoms with Gasteiger partial charge in [-0.15, -0.1) is 0 Å². The maximum Gasteiger partial charge on any atom is 0.341 e. The SMILES string of the molecule is COC(=O)c1cc(CC2CCCCN2)c(OC)cc1O. The summed E-state index contributed by atoms with van der Waals surface area (Å²) in [7, 11) is 2.86. The number of phenolic OH excluding ortho intramolecular Hbond substituents is 1. The first-order chi connectivity index (χ1) is 9.65. The van der Waals surface area contributed by atoms with E-state index in [0.717, 1.165) is 24.9 Å². The molecule has 1 unspecified atom stereocenters. The number of hydrogen-bond donors (Lipinski definition) is 2. The molecule has 0 saturated carbocycles. The third-order valence-electron chi connectivity index (χ3n) is 3.68. The van der Waals surface area contributed by atoms with E-state index in [1.165, 1.54) is 26.0 Å². The van der Waals surface area contributed by atoms with Crippen LogP contribution in [0, 0.1) is 0 Å². The van der Waals surface area contributed by atoms with Gasteiger partial charge in [-0.25, -0.2) is 4.79 Å². The van der Waals surface area contributed by atoms with Gasteiger partial charge in [0.05, 0.1) is 14.2 Å². The van der Waals surface area contributed by atoms with E-state index in [-0.39, 0.29) is 11.3 Å². The molecule has 0 aliphatic carbocycles. The number of methoxy groups -OCH3 is 2. The Balaban J connectivity index is 2.26. The van der Waals surface area contributed by atoms with Crippen molar-refractivity contribution < 1.29 is 19.4 Å². The largest absolute Gasteiger partial charge is 0.507 e. The number of phenols is 1. The number of aromatic hydroxyl groups is 1. The van der Waals surface area contributed by atoms with Gasteiger partial charge in [-0.2, -0.15) is 0 Å². The highest BCUT2D eigenvalue weighted by atomic mass is 16.5. The minimum absolute atomic E-state index is 0.117. The summed E-state index contributed by atoms with van der Waals surface area (Å²) in [5.41, 5.74) is 1.09. The Labute approximate surface area is 118 Å².